The first-order valence-electron chi connectivity index (χ1n) is 5.82. The van der Waals surface area contributed by atoms with E-state index in [1.54, 1.807) is 11.3 Å². The molecule has 1 aromatic heterocycles. The molecule has 18 heavy (non-hydrogen) atoms. The van der Waals surface area contributed by atoms with E-state index in [4.69, 9.17) is 5.11 Å². The molecule has 2 amide bonds. The van der Waals surface area contributed by atoms with Crippen LogP contribution in [0.2, 0.25) is 0 Å². The van der Waals surface area contributed by atoms with Crippen molar-refractivity contribution in [3.8, 4) is 0 Å². The summed E-state index contributed by atoms with van der Waals surface area (Å²) in [6.07, 6.45) is 0.735. The maximum absolute atomic E-state index is 11.8. The minimum absolute atomic E-state index is 0.261. The first-order chi connectivity index (χ1) is 8.52. The van der Waals surface area contributed by atoms with Gasteiger partial charge >= 0.3 is 12.0 Å². The zero-order chi connectivity index (χ0) is 13.5. The molecule has 1 heterocycles. The lowest BCUT2D eigenvalue weighted by atomic mass is 10.4. The van der Waals surface area contributed by atoms with E-state index in [2.05, 4.69) is 5.32 Å². The molecule has 0 radical (unpaired) electrons. The second-order valence-corrected chi connectivity index (χ2v) is 5.36. The van der Waals surface area contributed by atoms with Crippen LogP contribution in [0.1, 0.15) is 23.1 Å². The minimum atomic E-state index is -0.995. The van der Waals surface area contributed by atoms with E-state index in [0.717, 1.165) is 11.3 Å². The van der Waals surface area contributed by atoms with Crippen LogP contribution in [0, 0.1) is 6.92 Å². The lowest BCUT2D eigenvalue weighted by Crippen LogP contribution is -2.42. The summed E-state index contributed by atoms with van der Waals surface area (Å²) in [5.74, 6) is -0.995. The fourth-order valence-electron chi connectivity index (χ4n) is 1.54. The molecule has 0 atom stereocenters. The third-order valence-electron chi connectivity index (χ3n) is 2.32. The number of carboxylic acids is 1. The molecule has 1 aromatic rings. The van der Waals surface area contributed by atoms with Gasteiger partial charge in [-0.05, 0) is 25.5 Å². The molecule has 1 rings (SSSR count). The largest absolute Gasteiger partial charge is 0.480 e. The molecule has 5 nitrogen and oxygen atoms in total. The second kappa shape index (κ2) is 7.00. The standard InChI is InChI=1S/C12H18N2O3S/c1-3-6-14(8-11(15)16)12(17)13-7-10-5-4-9(2)18-10/h4-5H,3,6-8H2,1-2H3,(H,13,17)(H,15,16). The average molecular weight is 270 g/mol. The zero-order valence-electron chi connectivity index (χ0n) is 10.6. The van der Waals surface area contributed by atoms with Gasteiger partial charge in [0.05, 0.1) is 6.54 Å². The third-order valence-corrected chi connectivity index (χ3v) is 3.32. The molecule has 0 fully saturated rings. The fourth-order valence-corrected chi connectivity index (χ4v) is 2.37. The Hall–Kier alpha value is -1.56. The zero-order valence-corrected chi connectivity index (χ0v) is 11.4. The number of carbonyl (C=O) groups excluding carboxylic acids is 1. The highest BCUT2D eigenvalue weighted by atomic mass is 32.1. The summed E-state index contributed by atoms with van der Waals surface area (Å²) in [6, 6.07) is 3.62. The van der Waals surface area contributed by atoms with Gasteiger partial charge in [0.15, 0.2) is 0 Å². The molecule has 2 N–H and O–H groups in total. The number of aryl methyl sites for hydroxylation is 1. The quantitative estimate of drug-likeness (QED) is 0.831. The Kier molecular flexibility index (Phi) is 5.64. The van der Waals surface area contributed by atoms with Crippen LogP contribution < -0.4 is 5.32 Å². The van der Waals surface area contributed by atoms with Crippen molar-refractivity contribution in [1.82, 2.24) is 10.2 Å². The van der Waals surface area contributed by atoms with E-state index in [-0.39, 0.29) is 12.6 Å². The van der Waals surface area contributed by atoms with Crippen molar-refractivity contribution in [3.05, 3.63) is 21.9 Å². The summed E-state index contributed by atoms with van der Waals surface area (Å²) in [4.78, 5) is 26.0. The van der Waals surface area contributed by atoms with Crippen molar-refractivity contribution in [2.45, 2.75) is 26.8 Å². The Morgan fingerprint density at radius 1 is 1.44 bits per heavy atom. The number of rotatable bonds is 6. The maximum Gasteiger partial charge on any atom is 0.323 e. The topological polar surface area (TPSA) is 69.6 Å². The molecule has 0 unspecified atom stereocenters. The van der Waals surface area contributed by atoms with E-state index in [9.17, 15) is 9.59 Å². The van der Waals surface area contributed by atoms with Crippen LogP contribution in [0.4, 0.5) is 4.79 Å². The van der Waals surface area contributed by atoms with Gasteiger partial charge in [0.2, 0.25) is 0 Å². The number of hydrogen-bond acceptors (Lipinski definition) is 3. The second-order valence-electron chi connectivity index (χ2n) is 3.99. The highest BCUT2D eigenvalue weighted by molar-refractivity contribution is 7.11. The molecule has 0 spiro atoms. The van der Waals surface area contributed by atoms with Crippen molar-refractivity contribution in [2.75, 3.05) is 13.1 Å². The smallest absolute Gasteiger partial charge is 0.323 e. The molecule has 100 valence electrons. The highest BCUT2D eigenvalue weighted by Gasteiger charge is 2.15. The Balaban J connectivity index is 2.48. The van der Waals surface area contributed by atoms with Gasteiger partial charge in [0.25, 0.3) is 0 Å². The van der Waals surface area contributed by atoms with Crippen LogP contribution in [0.5, 0.6) is 0 Å². The lowest BCUT2D eigenvalue weighted by Gasteiger charge is -2.20. The summed E-state index contributed by atoms with van der Waals surface area (Å²) in [5, 5.41) is 11.5. The first-order valence-corrected chi connectivity index (χ1v) is 6.64. The maximum atomic E-state index is 11.8. The van der Waals surface area contributed by atoms with Crippen LogP contribution in [-0.2, 0) is 11.3 Å². The predicted octanol–water partition coefficient (Wildman–Crippen LogP) is 2.06. The summed E-state index contributed by atoms with van der Waals surface area (Å²) in [7, 11) is 0. The van der Waals surface area contributed by atoms with E-state index < -0.39 is 5.97 Å². The molecule has 0 aromatic carbocycles. The van der Waals surface area contributed by atoms with E-state index in [1.165, 1.54) is 9.78 Å². The van der Waals surface area contributed by atoms with Gasteiger partial charge in [-0.1, -0.05) is 6.92 Å². The number of nitrogens with zero attached hydrogens (tertiary/aromatic N) is 1. The van der Waals surface area contributed by atoms with E-state index in [0.29, 0.717) is 13.1 Å². The first kappa shape index (κ1) is 14.5. The monoisotopic (exact) mass is 270 g/mol. The summed E-state index contributed by atoms with van der Waals surface area (Å²) < 4.78 is 0. The molecule has 0 saturated carbocycles. The van der Waals surface area contributed by atoms with Gasteiger partial charge in [-0.3, -0.25) is 4.79 Å². The van der Waals surface area contributed by atoms with Crippen LogP contribution >= 0.6 is 11.3 Å². The summed E-state index contributed by atoms with van der Waals surface area (Å²) in [5.41, 5.74) is 0. The van der Waals surface area contributed by atoms with Crippen molar-refractivity contribution in [1.29, 1.82) is 0 Å². The summed E-state index contributed by atoms with van der Waals surface area (Å²) >= 11 is 1.62. The predicted molar refractivity (Wildman–Crippen MR) is 70.8 cm³/mol. The number of hydrogen-bond donors (Lipinski definition) is 2. The van der Waals surface area contributed by atoms with Gasteiger partial charge in [-0.15, -0.1) is 11.3 Å². The molecule has 0 aliphatic heterocycles. The third kappa shape index (κ3) is 4.75. The van der Waals surface area contributed by atoms with Gasteiger partial charge in [0, 0.05) is 16.3 Å². The Bertz CT molecular complexity index is 417. The van der Waals surface area contributed by atoms with Crippen molar-refractivity contribution in [3.63, 3.8) is 0 Å². The van der Waals surface area contributed by atoms with E-state index >= 15 is 0 Å². The number of thiophene rings is 1. The SMILES string of the molecule is CCCN(CC(=O)O)C(=O)NCc1ccc(C)s1. The van der Waals surface area contributed by atoms with Gasteiger partial charge in [0.1, 0.15) is 6.54 Å². The molecule has 0 aliphatic carbocycles. The van der Waals surface area contributed by atoms with Gasteiger partial charge in [-0.25, -0.2) is 4.79 Å². The molecule has 6 heteroatoms. The fraction of sp³-hybridized carbons (Fsp3) is 0.500. The number of aliphatic carboxylic acids is 1. The van der Waals surface area contributed by atoms with Crippen LogP contribution in [0.15, 0.2) is 12.1 Å². The average Bonchev–Trinajstić information content (AvgIpc) is 2.71. The Morgan fingerprint density at radius 2 is 2.17 bits per heavy atom. The number of carbonyl (C=O) groups is 2. The van der Waals surface area contributed by atoms with Crippen LogP contribution in [0.25, 0.3) is 0 Å². The van der Waals surface area contributed by atoms with Gasteiger partial charge < -0.3 is 15.3 Å². The molecule has 0 aliphatic rings. The normalized spacial score (nSPS) is 10.1. The number of amides is 2. The van der Waals surface area contributed by atoms with Crippen molar-refractivity contribution < 1.29 is 14.7 Å². The molecular formula is C12H18N2O3S. The van der Waals surface area contributed by atoms with Crippen molar-refractivity contribution >= 4 is 23.3 Å². The number of urea groups is 1. The summed E-state index contributed by atoms with van der Waals surface area (Å²) in [6.45, 7) is 4.54. The number of nitrogens with one attached hydrogen (secondary N) is 1. The highest BCUT2D eigenvalue weighted by Crippen LogP contribution is 2.14. The molecule has 0 bridgehead atoms. The van der Waals surface area contributed by atoms with Crippen molar-refractivity contribution in [2.24, 2.45) is 0 Å². The Morgan fingerprint density at radius 3 is 2.67 bits per heavy atom. The number of carboxylic acid groups (broad SMARTS) is 1. The lowest BCUT2D eigenvalue weighted by molar-refractivity contribution is -0.137. The minimum Gasteiger partial charge on any atom is -0.480 e. The van der Waals surface area contributed by atoms with Gasteiger partial charge in [-0.2, -0.15) is 0 Å². The van der Waals surface area contributed by atoms with Crippen LogP contribution in [0.3, 0.4) is 0 Å². The molecule has 0 saturated heterocycles. The molecular weight excluding hydrogens is 252 g/mol. The Labute approximate surface area is 110 Å². The van der Waals surface area contributed by atoms with Crippen LogP contribution in [-0.4, -0.2) is 35.1 Å². The van der Waals surface area contributed by atoms with E-state index in [1.807, 2.05) is 26.0 Å².